The number of aliphatic hydroxyl groups excluding tert-OH is 1. The van der Waals surface area contributed by atoms with Crippen molar-refractivity contribution in [2.75, 3.05) is 0 Å². The van der Waals surface area contributed by atoms with E-state index in [0.29, 0.717) is 5.56 Å². The summed E-state index contributed by atoms with van der Waals surface area (Å²) in [6.07, 6.45) is -1.60. The van der Waals surface area contributed by atoms with Crippen LogP contribution < -0.4 is 0 Å². The van der Waals surface area contributed by atoms with Gasteiger partial charge in [-0.25, -0.2) is 0 Å². The Morgan fingerprint density at radius 2 is 2.12 bits per heavy atom. The van der Waals surface area contributed by atoms with Crippen LogP contribution >= 0.6 is 0 Å². The van der Waals surface area contributed by atoms with Crippen LogP contribution in [0.25, 0.3) is 0 Å². The van der Waals surface area contributed by atoms with Crippen LogP contribution in [0.5, 0.6) is 0 Å². The predicted octanol–water partition coefficient (Wildman–Crippen LogP) is 1.20. The van der Waals surface area contributed by atoms with E-state index in [0.717, 1.165) is 5.56 Å². The van der Waals surface area contributed by atoms with Gasteiger partial charge in [0.25, 0.3) is 0 Å². The van der Waals surface area contributed by atoms with Gasteiger partial charge in [-0.05, 0) is 13.0 Å². The normalized spacial score (nSPS) is 14.2. The average Bonchev–Trinajstić information content (AvgIpc) is 2.26. The number of aryl methyl sites for hydroxylation is 1. The highest BCUT2D eigenvalue weighted by molar-refractivity contribution is 5.99. The van der Waals surface area contributed by atoms with Gasteiger partial charge in [-0.1, -0.05) is 23.8 Å². The minimum Gasteiger partial charge on any atom is -0.378 e. The highest BCUT2D eigenvalue weighted by Crippen LogP contribution is 2.10. The van der Waals surface area contributed by atoms with Crippen molar-refractivity contribution in [3.05, 3.63) is 45.5 Å². The van der Waals surface area contributed by atoms with Crippen molar-refractivity contribution in [2.24, 2.45) is 0 Å². The first-order chi connectivity index (χ1) is 7.43. The Balaban J connectivity index is 2.90. The maximum Gasteiger partial charge on any atom is 0.243 e. The van der Waals surface area contributed by atoms with Crippen molar-refractivity contribution in [2.45, 2.75) is 26.0 Å². The smallest absolute Gasteiger partial charge is 0.243 e. The molecule has 0 aliphatic heterocycles. The zero-order chi connectivity index (χ0) is 12.3. The number of aliphatic hydroxyl groups is 1. The van der Waals surface area contributed by atoms with Crippen molar-refractivity contribution in [1.29, 1.82) is 0 Å². The summed E-state index contributed by atoms with van der Waals surface area (Å²) in [6, 6.07) is 5.31. The topological polar surface area (TPSA) is 80.4 Å². The van der Waals surface area contributed by atoms with Crippen molar-refractivity contribution in [3.63, 3.8) is 0 Å². The van der Waals surface area contributed by atoms with Crippen LogP contribution in [-0.2, 0) is 0 Å². The van der Waals surface area contributed by atoms with Crippen molar-refractivity contribution in [1.82, 2.24) is 0 Å². The number of benzene rings is 1. The van der Waals surface area contributed by atoms with Gasteiger partial charge in [0, 0.05) is 17.4 Å². The molecule has 0 aliphatic carbocycles. The van der Waals surface area contributed by atoms with E-state index >= 15 is 0 Å². The van der Waals surface area contributed by atoms with Crippen molar-refractivity contribution in [3.8, 4) is 0 Å². The molecule has 0 heterocycles. The molecule has 0 saturated heterocycles. The first kappa shape index (κ1) is 12.3. The Hall–Kier alpha value is -1.75. The van der Waals surface area contributed by atoms with E-state index in [1.165, 1.54) is 13.0 Å². The average molecular weight is 223 g/mol. The molecular weight excluding hydrogens is 210 g/mol. The number of ketones is 1. The van der Waals surface area contributed by atoms with Gasteiger partial charge >= 0.3 is 0 Å². The van der Waals surface area contributed by atoms with E-state index in [1.54, 1.807) is 25.1 Å². The maximum atomic E-state index is 11.7. The molecule has 1 N–H and O–H groups in total. The summed E-state index contributed by atoms with van der Waals surface area (Å²) < 4.78 is 0. The molecule has 0 spiro atoms. The van der Waals surface area contributed by atoms with Crippen LogP contribution in [0.15, 0.2) is 24.3 Å². The number of Topliss-reactive ketones (excluding diaryl/α,β-unsaturated/α-hetero) is 1. The van der Waals surface area contributed by atoms with E-state index in [1.807, 2.05) is 0 Å². The summed E-state index contributed by atoms with van der Waals surface area (Å²) in [4.78, 5) is 21.5. The van der Waals surface area contributed by atoms with Gasteiger partial charge in [0.1, 0.15) is 0 Å². The van der Waals surface area contributed by atoms with E-state index in [2.05, 4.69) is 0 Å². The minimum absolute atomic E-state index is 0.293. The second kappa shape index (κ2) is 4.85. The lowest BCUT2D eigenvalue weighted by Gasteiger charge is -2.11. The molecule has 86 valence electrons. The molecule has 2 unspecified atom stereocenters. The molecule has 1 rings (SSSR count). The molecule has 0 aromatic heterocycles. The molecule has 0 radical (unpaired) electrons. The zero-order valence-corrected chi connectivity index (χ0v) is 9.08. The van der Waals surface area contributed by atoms with Crippen LogP contribution in [0.1, 0.15) is 22.8 Å². The quantitative estimate of drug-likeness (QED) is 0.472. The van der Waals surface area contributed by atoms with Gasteiger partial charge < -0.3 is 5.11 Å². The van der Waals surface area contributed by atoms with Crippen LogP contribution in [0.2, 0.25) is 0 Å². The molecule has 5 nitrogen and oxygen atoms in total. The fourth-order valence-electron chi connectivity index (χ4n) is 1.30. The van der Waals surface area contributed by atoms with Crippen LogP contribution in [0.3, 0.4) is 0 Å². The Kier molecular flexibility index (Phi) is 3.73. The largest absolute Gasteiger partial charge is 0.378 e. The predicted molar refractivity (Wildman–Crippen MR) is 58.0 cm³/mol. The number of nitrogens with zero attached hydrogens (tertiary/aromatic N) is 1. The standard InChI is InChI=1S/C11H13NO4/c1-7-4-3-5-9(6-7)11(14)10(13)8(2)12(15)16/h3-6,8,10,13H,1-2H3. The molecule has 0 fully saturated rings. The number of hydrogen-bond donors (Lipinski definition) is 1. The summed E-state index contributed by atoms with van der Waals surface area (Å²) in [5.41, 5.74) is 1.16. The maximum absolute atomic E-state index is 11.7. The zero-order valence-electron chi connectivity index (χ0n) is 9.08. The van der Waals surface area contributed by atoms with Gasteiger partial charge in [-0.15, -0.1) is 0 Å². The second-order valence-electron chi connectivity index (χ2n) is 3.70. The minimum atomic E-state index is -1.60. The summed E-state index contributed by atoms with van der Waals surface area (Å²) in [5.74, 6) is -0.618. The Bertz CT molecular complexity index is 416. The third-order valence-corrected chi connectivity index (χ3v) is 2.36. The van der Waals surface area contributed by atoms with E-state index in [9.17, 15) is 20.0 Å². The lowest BCUT2D eigenvalue weighted by molar-refractivity contribution is -0.526. The highest BCUT2D eigenvalue weighted by atomic mass is 16.6. The molecule has 0 saturated carbocycles. The summed E-state index contributed by atoms with van der Waals surface area (Å²) in [6.45, 7) is 3.01. The number of hydrogen-bond acceptors (Lipinski definition) is 4. The molecule has 16 heavy (non-hydrogen) atoms. The Labute approximate surface area is 92.9 Å². The van der Waals surface area contributed by atoms with Gasteiger partial charge in [-0.3, -0.25) is 14.9 Å². The lowest BCUT2D eigenvalue weighted by Crippen LogP contribution is -2.37. The molecular formula is C11H13NO4. The van der Waals surface area contributed by atoms with Crippen molar-refractivity contribution >= 4 is 5.78 Å². The highest BCUT2D eigenvalue weighted by Gasteiger charge is 2.31. The SMILES string of the molecule is Cc1cccc(C(=O)C(O)C(C)[N+](=O)[O-])c1. The Morgan fingerprint density at radius 3 is 2.62 bits per heavy atom. The van der Waals surface area contributed by atoms with E-state index < -0.39 is 22.9 Å². The number of nitro groups is 1. The van der Waals surface area contributed by atoms with Crippen LogP contribution in [0, 0.1) is 17.0 Å². The molecule has 0 aliphatic rings. The summed E-state index contributed by atoms with van der Waals surface area (Å²) in [5, 5.41) is 19.9. The number of carbonyl (C=O) groups is 1. The Morgan fingerprint density at radius 1 is 1.50 bits per heavy atom. The monoisotopic (exact) mass is 223 g/mol. The fraction of sp³-hybridized carbons (Fsp3) is 0.364. The molecule has 0 amide bonds. The van der Waals surface area contributed by atoms with E-state index in [4.69, 9.17) is 0 Å². The lowest BCUT2D eigenvalue weighted by atomic mass is 10.0. The second-order valence-corrected chi connectivity index (χ2v) is 3.70. The third kappa shape index (κ3) is 2.64. The van der Waals surface area contributed by atoms with Crippen molar-refractivity contribution < 1.29 is 14.8 Å². The molecule has 1 aromatic carbocycles. The van der Waals surface area contributed by atoms with E-state index in [-0.39, 0.29) is 0 Å². The van der Waals surface area contributed by atoms with Gasteiger partial charge in [0.2, 0.25) is 6.04 Å². The fourth-order valence-corrected chi connectivity index (χ4v) is 1.30. The third-order valence-electron chi connectivity index (χ3n) is 2.36. The molecule has 2 atom stereocenters. The number of rotatable bonds is 4. The molecule has 1 aromatic rings. The first-order valence-corrected chi connectivity index (χ1v) is 4.86. The van der Waals surface area contributed by atoms with Crippen LogP contribution in [-0.4, -0.2) is 28.0 Å². The molecule has 0 bridgehead atoms. The van der Waals surface area contributed by atoms with Gasteiger partial charge in [0.05, 0.1) is 0 Å². The van der Waals surface area contributed by atoms with Gasteiger partial charge in [0.15, 0.2) is 11.9 Å². The molecule has 5 heteroatoms. The summed E-state index contributed by atoms with van der Waals surface area (Å²) >= 11 is 0. The van der Waals surface area contributed by atoms with Crippen LogP contribution in [0.4, 0.5) is 0 Å². The van der Waals surface area contributed by atoms with Gasteiger partial charge in [-0.2, -0.15) is 0 Å². The first-order valence-electron chi connectivity index (χ1n) is 4.86. The summed E-state index contributed by atoms with van der Waals surface area (Å²) in [7, 11) is 0. The number of carbonyl (C=O) groups excluding carboxylic acids is 1.